The average molecular weight is 222 g/mol. The van der Waals surface area contributed by atoms with Gasteiger partial charge in [-0.25, -0.2) is 0 Å². The van der Waals surface area contributed by atoms with Gasteiger partial charge in [-0.2, -0.15) is 0 Å². The highest BCUT2D eigenvalue weighted by Crippen LogP contribution is 2.18. The molecule has 1 saturated heterocycles. The van der Waals surface area contributed by atoms with Gasteiger partial charge in [0, 0.05) is 6.42 Å². The molecule has 0 aromatic heterocycles. The van der Waals surface area contributed by atoms with E-state index in [0.29, 0.717) is 11.2 Å². The van der Waals surface area contributed by atoms with E-state index in [0.717, 1.165) is 25.9 Å². The Balaban J connectivity index is 1.93. The molecule has 1 aromatic carbocycles. The van der Waals surface area contributed by atoms with Crippen molar-refractivity contribution < 1.29 is 19.5 Å². The Hall–Kier alpha value is -1.04. The molecule has 1 fully saturated rings. The van der Waals surface area contributed by atoms with Gasteiger partial charge in [0.1, 0.15) is 5.75 Å². The predicted molar refractivity (Wildman–Crippen MR) is 60.5 cm³/mol. The van der Waals surface area contributed by atoms with Crippen molar-refractivity contribution in [2.75, 3.05) is 6.61 Å². The van der Waals surface area contributed by atoms with Crippen LogP contribution >= 0.6 is 0 Å². The summed E-state index contributed by atoms with van der Waals surface area (Å²) in [6.07, 6.45) is 2.96. The molecule has 1 aliphatic heterocycles. The van der Waals surface area contributed by atoms with Gasteiger partial charge in [-0.05, 0) is 30.4 Å². The van der Waals surface area contributed by atoms with Crippen molar-refractivity contribution in [2.45, 2.75) is 25.6 Å². The van der Waals surface area contributed by atoms with Gasteiger partial charge in [0.05, 0.1) is 6.61 Å². The van der Waals surface area contributed by atoms with Crippen molar-refractivity contribution >= 4 is 12.6 Å². The highest BCUT2D eigenvalue weighted by atomic mass is 16.7. The topological polar surface area (TPSA) is 58.9 Å². The van der Waals surface area contributed by atoms with E-state index in [1.165, 1.54) is 0 Å². The van der Waals surface area contributed by atoms with Crippen LogP contribution in [0.3, 0.4) is 0 Å². The van der Waals surface area contributed by atoms with Gasteiger partial charge in [0.25, 0.3) is 0 Å². The van der Waals surface area contributed by atoms with Crippen molar-refractivity contribution in [3.8, 4) is 5.75 Å². The van der Waals surface area contributed by atoms with E-state index in [1.807, 2.05) is 0 Å². The Bertz CT molecular complexity index is 319. The fourth-order valence-electron chi connectivity index (χ4n) is 1.67. The third-order valence-corrected chi connectivity index (χ3v) is 2.58. The molecular formula is C11H15BO4. The summed E-state index contributed by atoms with van der Waals surface area (Å²) in [5, 5.41) is 17.9. The van der Waals surface area contributed by atoms with Gasteiger partial charge < -0.3 is 19.5 Å². The molecule has 0 spiro atoms. The van der Waals surface area contributed by atoms with Crippen molar-refractivity contribution in [3.63, 3.8) is 0 Å². The molecule has 86 valence electrons. The zero-order valence-electron chi connectivity index (χ0n) is 9.00. The van der Waals surface area contributed by atoms with Crippen molar-refractivity contribution in [2.24, 2.45) is 0 Å². The number of benzene rings is 1. The third-order valence-electron chi connectivity index (χ3n) is 2.58. The number of ether oxygens (including phenoxy) is 2. The maximum absolute atomic E-state index is 8.93. The molecule has 5 heteroatoms. The lowest BCUT2D eigenvalue weighted by Crippen LogP contribution is -2.29. The molecule has 2 rings (SSSR count). The second-order valence-corrected chi connectivity index (χ2v) is 3.86. The van der Waals surface area contributed by atoms with Crippen molar-refractivity contribution in [1.82, 2.24) is 0 Å². The van der Waals surface area contributed by atoms with E-state index < -0.39 is 7.12 Å². The van der Waals surface area contributed by atoms with E-state index in [1.54, 1.807) is 24.3 Å². The normalized spacial score (nSPS) is 20.5. The molecule has 2 N–H and O–H groups in total. The molecule has 0 aliphatic carbocycles. The minimum Gasteiger partial charge on any atom is -0.465 e. The minimum atomic E-state index is -1.43. The van der Waals surface area contributed by atoms with Crippen LogP contribution in [0, 0.1) is 0 Å². The molecule has 0 amide bonds. The molecule has 0 bridgehead atoms. The maximum atomic E-state index is 8.93. The molecule has 1 aliphatic rings. The van der Waals surface area contributed by atoms with Gasteiger partial charge in [-0.3, -0.25) is 0 Å². The molecule has 0 unspecified atom stereocenters. The minimum absolute atomic E-state index is 0.168. The van der Waals surface area contributed by atoms with Crippen molar-refractivity contribution in [3.05, 3.63) is 24.3 Å². The molecule has 1 atom stereocenters. The summed E-state index contributed by atoms with van der Waals surface area (Å²) in [4.78, 5) is 0. The monoisotopic (exact) mass is 222 g/mol. The number of rotatable bonds is 3. The summed E-state index contributed by atoms with van der Waals surface area (Å²) >= 11 is 0. The molecule has 0 saturated carbocycles. The van der Waals surface area contributed by atoms with Crippen LogP contribution in [-0.4, -0.2) is 30.1 Å². The Kier molecular flexibility index (Phi) is 3.82. The molecule has 0 radical (unpaired) electrons. The predicted octanol–water partition coefficient (Wildman–Crippen LogP) is 0.272. The molecule has 1 heterocycles. The highest BCUT2D eigenvalue weighted by molar-refractivity contribution is 6.58. The summed E-state index contributed by atoms with van der Waals surface area (Å²) in [6.45, 7) is 0.748. The fourth-order valence-corrected chi connectivity index (χ4v) is 1.67. The summed E-state index contributed by atoms with van der Waals surface area (Å²) < 4.78 is 11.0. The van der Waals surface area contributed by atoms with Gasteiger partial charge in [-0.15, -0.1) is 0 Å². The third kappa shape index (κ3) is 2.98. The first-order chi connectivity index (χ1) is 7.75. The van der Waals surface area contributed by atoms with Crippen LogP contribution in [0.4, 0.5) is 0 Å². The molecule has 16 heavy (non-hydrogen) atoms. The van der Waals surface area contributed by atoms with Gasteiger partial charge >= 0.3 is 7.12 Å². The largest absolute Gasteiger partial charge is 0.488 e. The van der Waals surface area contributed by atoms with E-state index in [2.05, 4.69) is 0 Å². The lowest BCUT2D eigenvalue weighted by molar-refractivity contribution is -0.105. The van der Waals surface area contributed by atoms with Crippen LogP contribution in [0.1, 0.15) is 19.3 Å². The SMILES string of the molecule is OB(O)c1ccc(O[C@@H]2CCCCO2)cc1. The molecule has 1 aromatic rings. The van der Waals surface area contributed by atoms with Crippen LogP contribution in [0.15, 0.2) is 24.3 Å². The second kappa shape index (κ2) is 5.34. The number of hydrogen-bond donors (Lipinski definition) is 2. The Morgan fingerprint density at radius 3 is 2.50 bits per heavy atom. The zero-order chi connectivity index (χ0) is 11.4. The number of hydrogen-bond acceptors (Lipinski definition) is 4. The smallest absolute Gasteiger partial charge is 0.465 e. The van der Waals surface area contributed by atoms with Crippen molar-refractivity contribution in [1.29, 1.82) is 0 Å². The lowest BCUT2D eigenvalue weighted by atomic mass is 9.80. The Morgan fingerprint density at radius 2 is 1.94 bits per heavy atom. The first kappa shape index (κ1) is 11.5. The van der Waals surface area contributed by atoms with Crippen LogP contribution in [0.5, 0.6) is 5.75 Å². The lowest BCUT2D eigenvalue weighted by Gasteiger charge is -2.23. The van der Waals surface area contributed by atoms with E-state index in [9.17, 15) is 0 Å². The highest BCUT2D eigenvalue weighted by Gasteiger charge is 2.16. The summed E-state index contributed by atoms with van der Waals surface area (Å²) in [7, 11) is -1.43. The second-order valence-electron chi connectivity index (χ2n) is 3.86. The molecule has 4 nitrogen and oxygen atoms in total. The van der Waals surface area contributed by atoms with E-state index in [-0.39, 0.29) is 6.29 Å². The van der Waals surface area contributed by atoms with Crippen LogP contribution in [-0.2, 0) is 4.74 Å². The van der Waals surface area contributed by atoms with Gasteiger partial charge in [-0.1, -0.05) is 12.1 Å². The van der Waals surface area contributed by atoms with Crippen LogP contribution < -0.4 is 10.2 Å². The van der Waals surface area contributed by atoms with E-state index >= 15 is 0 Å². The summed E-state index contributed by atoms with van der Waals surface area (Å²) in [5.74, 6) is 0.691. The summed E-state index contributed by atoms with van der Waals surface area (Å²) in [6, 6.07) is 6.69. The zero-order valence-corrected chi connectivity index (χ0v) is 9.00. The first-order valence-corrected chi connectivity index (χ1v) is 5.50. The van der Waals surface area contributed by atoms with Gasteiger partial charge in [0.15, 0.2) is 6.29 Å². The molecular weight excluding hydrogens is 207 g/mol. The van der Waals surface area contributed by atoms with Gasteiger partial charge in [0.2, 0.25) is 0 Å². The van der Waals surface area contributed by atoms with E-state index in [4.69, 9.17) is 19.5 Å². The summed E-state index contributed by atoms with van der Waals surface area (Å²) in [5.41, 5.74) is 0.455. The average Bonchev–Trinajstić information content (AvgIpc) is 2.31. The standard InChI is InChI=1S/C11H15BO4/c13-12(14)9-4-6-10(7-5-9)16-11-3-1-2-8-15-11/h4-7,11,13-14H,1-3,8H2/t11-/m1/s1. The van der Waals surface area contributed by atoms with Crippen LogP contribution in [0.2, 0.25) is 0 Å². The Labute approximate surface area is 95.0 Å². The Morgan fingerprint density at radius 1 is 1.19 bits per heavy atom. The van der Waals surface area contributed by atoms with Crippen LogP contribution in [0.25, 0.3) is 0 Å². The fraction of sp³-hybridized carbons (Fsp3) is 0.455. The maximum Gasteiger partial charge on any atom is 0.488 e. The first-order valence-electron chi connectivity index (χ1n) is 5.50. The quantitative estimate of drug-likeness (QED) is 0.720.